The normalized spacial score (nSPS) is 0. The predicted molar refractivity (Wildman–Crippen MR) is 0 cm³/mol. The summed E-state index contributed by atoms with van der Waals surface area (Å²) >= 11 is 0. The molecule has 4 heavy (non-hydrogen) atoms. The van der Waals surface area contributed by atoms with E-state index in [0.29, 0.717) is 0 Å². The van der Waals surface area contributed by atoms with E-state index in [1.807, 2.05) is 0 Å². The van der Waals surface area contributed by atoms with Crippen LogP contribution in [0, 0.1) is 0 Å². The van der Waals surface area contributed by atoms with E-state index in [1.165, 1.54) is 0 Å². The minimum Gasteiger partial charge on any atom is 0 e. The van der Waals surface area contributed by atoms with Crippen molar-refractivity contribution in [2.45, 2.75) is 0 Å². The zero-order chi connectivity index (χ0) is 0. The fourth-order valence-electron chi connectivity index (χ4n) is 0. The predicted octanol–water partition coefficient (Wildman–Crippen LogP) is -0.0100. The van der Waals surface area contributed by atoms with Crippen LogP contribution in [0.2, 0.25) is 0 Å². The van der Waals surface area contributed by atoms with Gasteiger partial charge < -0.3 is 0 Å². The van der Waals surface area contributed by atoms with Crippen molar-refractivity contribution in [3.05, 3.63) is 0 Å². The Kier molecular flexibility index (Phi) is 144. The van der Waals surface area contributed by atoms with Crippen molar-refractivity contribution in [2.24, 2.45) is 0 Å². The van der Waals surface area contributed by atoms with Gasteiger partial charge in [-0.1, -0.05) is 0 Å². The van der Waals surface area contributed by atoms with Crippen LogP contribution in [0.5, 0.6) is 0 Å². The molecule has 0 aliphatic carbocycles. The largest absolute Gasteiger partial charge is 0 e. The molecule has 0 rings (SSSR count). The molecule has 0 heterocycles. The quantitative estimate of drug-likeness (QED) is 0.497. The standard InChI is InChI=1S/Ag.Fe.Ni.W. The number of hydrogen-bond donors (Lipinski definition) is 0. The molecule has 0 atom stereocenters. The first-order valence-electron chi connectivity index (χ1n) is 0. The van der Waals surface area contributed by atoms with Crippen LogP contribution < -0.4 is 0 Å². The maximum absolute atomic E-state index is 0. The molecule has 0 saturated carbocycles. The monoisotopic (exact) mass is 405 g/mol. The van der Waals surface area contributed by atoms with Gasteiger partial charge in [0, 0.05) is 77.0 Å². The van der Waals surface area contributed by atoms with E-state index in [9.17, 15) is 0 Å². The topological polar surface area (TPSA) is 0 Å². The van der Waals surface area contributed by atoms with E-state index < -0.39 is 0 Å². The summed E-state index contributed by atoms with van der Waals surface area (Å²) in [6.07, 6.45) is 0. The Bertz CT molecular complexity index is 8.00. The summed E-state index contributed by atoms with van der Waals surface area (Å²) in [5, 5.41) is 0. The third-order valence-electron chi connectivity index (χ3n) is 0. The van der Waals surface area contributed by atoms with Gasteiger partial charge in [0.05, 0.1) is 0 Å². The third-order valence-corrected chi connectivity index (χ3v) is 0. The molecule has 0 nitrogen and oxygen atoms in total. The Hall–Kier alpha value is 2.44. The maximum Gasteiger partial charge on any atom is 0 e. The third kappa shape index (κ3) is 8.82. The first kappa shape index (κ1) is 32.0. The van der Waals surface area contributed by atoms with Crippen molar-refractivity contribution in [1.29, 1.82) is 0 Å². The summed E-state index contributed by atoms with van der Waals surface area (Å²) in [6, 6.07) is 0. The van der Waals surface area contributed by atoms with Gasteiger partial charge in [-0.15, -0.1) is 0 Å². The molecule has 1 radical (unpaired) electrons. The van der Waals surface area contributed by atoms with Crippen molar-refractivity contribution in [1.82, 2.24) is 0 Å². The molecule has 0 bridgehead atoms. The fraction of sp³-hybridized carbons (Fsp3) is 0. The van der Waals surface area contributed by atoms with Crippen molar-refractivity contribution in [3.63, 3.8) is 0 Å². The van der Waals surface area contributed by atoms with Gasteiger partial charge in [-0.3, -0.25) is 0 Å². The van der Waals surface area contributed by atoms with Crippen LogP contribution in [-0.2, 0) is 77.0 Å². The summed E-state index contributed by atoms with van der Waals surface area (Å²) in [4.78, 5) is 0. The summed E-state index contributed by atoms with van der Waals surface area (Å²) < 4.78 is 0. The molecule has 0 fully saturated rings. The van der Waals surface area contributed by atoms with Crippen LogP contribution in [0.1, 0.15) is 0 Å². The van der Waals surface area contributed by atoms with Crippen LogP contribution in [0.3, 0.4) is 0 Å². The molecule has 0 aliphatic rings. The Balaban J connectivity index is 0. The van der Waals surface area contributed by atoms with Crippen LogP contribution in [0.25, 0.3) is 0 Å². The van der Waals surface area contributed by atoms with Gasteiger partial charge in [-0.05, 0) is 0 Å². The molecule has 0 unspecified atom stereocenters. The van der Waals surface area contributed by atoms with E-state index in [2.05, 4.69) is 0 Å². The summed E-state index contributed by atoms with van der Waals surface area (Å²) in [5.41, 5.74) is 0. The molecule has 0 aromatic rings. The van der Waals surface area contributed by atoms with Gasteiger partial charge in [0.2, 0.25) is 0 Å². The van der Waals surface area contributed by atoms with Crippen molar-refractivity contribution < 1.29 is 77.0 Å². The molecule has 0 saturated heterocycles. The molecule has 0 aliphatic heterocycles. The number of rotatable bonds is 0. The molecular formula is AgFeNiW. The zero-order valence-corrected chi connectivity index (χ0v) is 7.89. The molecule has 0 aromatic carbocycles. The molecular weight excluding hydrogens is 406 g/mol. The van der Waals surface area contributed by atoms with Crippen molar-refractivity contribution in [3.8, 4) is 0 Å². The Labute approximate surface area is 76.0 Å². The molecule has 0 spiro atoms. The average Bonchev–Trinajstić information content (AvgIpc) is 0. The van der Waals surface area contributed by atoms with Crippen molar-refractivity contribution >= 4 is 0 Å². The first-order chi connectivity index (χ1) is 0. The van der Waals surface area contributed by atoms with Crippen LogP contribution >= 0.6 is 0 Å². The molecule has 0 aromatic heterocycles. The Morgan fingerprint density at radius 3 is 1.00 bits per heavy atom. The summed E-state index contributed by atoms with van der Waals surface area (Å²) in [7, 11) is 0. The van der Waals surface area contributed by atoms with Crippen LogP contribution in [0.4, 0.5) is 0 Å². The Morgan fingerprint density at radius 1 is 1.00 bits per heavy atom. The van der Waals surface area contributed by atoms with Gasteiger partial charge in [0.25, 0.3) is 0 Å². The molecule has 0 N–H and O–H groups in total. The van der Waals surface area contributed by atoms with Crippen LogP contribution in [-0.4, -0.2) is 0 Å². The molecule has 0 amide bonds. The zero-order valence-electron chi connectivity index (χ0n) is 1.38. The van der Waals surface area contributed by atoms with E-state index in [1.54, 1.807) is 0 Å². The van der Waals surface area contributed by atoms with Crippen molar-refractivity contribution in [2.75, 3.05) is 0 Å². The maximum atomic E-state index is 0. The van der Waals surface area contributed by atoms with Gasteiger partial charge >= 0.3 is 0 Å². The average molecular weight is 406 g/mol. The van der Waals surface area contributed by atoms with E-state index in [0.717, 1.165) is 0 Å². The fourth-order valence-corrected chi connectivity index (χ4v) is 0. The SMILES string of the molecule is [Ag].[Fe].[Ni].[W]. The Morgan fingerprint density at radius 2 is 1.00 bits per heavy atom. The smallest absolute Gasteiger partial charge is 0 e. The minimum absolute atomic E-state index is 0. The van der Waals surface area contributed by atoms with E-state index >= 15 is 0 Å². The van der Waals surface area contributed by atoms with Gasteiger partial charge in [0.15, 0.2) is 0 Å². The van der Waals surface area contributed by atoms with Gasteiger partial charge in [0.1, 0.15) is 0 Å². The van der Waals surface area contributed by atoms with Gasteiger partial charge in [-0.25, -0.2) is 0 Å². The van der Waals surface area contributed by atoms with Gasteiger partial charge in [-0.2, -0.15) is 0 Å². The summed E-state index contributed by atoms with van der Waals surface area (Å²) in [5.74, 6) is 0. The van der Waals surface area contributed by atoms with E-state index in [-0.39, 0.29) is 77.0 Å². The second-order valence-corrected chi connectivity index (χ2v) is 0. The summed E-state index contributed by atoms with van der Waals surface area (Å²) in [6.45, 7) is 0. The second-order valence-electron chi connectivity index (χ2n) is 0. The molecule has 4 heteroatoms. The molecule has 35 valence electrons. The minimum atomic E-state index is 0. The van der Waals surface area contributed by atoms with Crippen LogP contribution in [0.15, 0.2) is 0 Å². The van der Waals surface area contributed by atoms with E-state index in [4.69, 9.17) is 0 Å². The second kappa shape index (κ2) is 18.0. The first-order valence-corrected chi connectivity index (χ1v) is 0. The number of hydrogen-bond acceptors (Lipinski definition) is 0.